The van der Waals surface area contributed by atoms with Gasteiger partial charge in [0.1, 0.15) is 0 Å². The standard InChI is InChI=1S/C14H26N2O/c1-4-12-15-13(10(2)3)14(17)16(12)11-8-6-5-7-9-11/h10-13,15H,4-9H2,1-3H3. The smallest absolute Gasteiger partial charge is 0.241 e. The van der Waals surface area contributed by atoms with Crippen molar-refractivity contribution in [1.82, 2.24) is 10.2 Å². The lowest BCUT2D eigenvalue weighted by molar-refractivity contribution is -0.133. The van der Waals surface area contributed by atoms with E-state index in [-0.39, 0.29) is 12.2 Å². The molecule has 2 unspecified atom stereocenters. The van der Waals surface area contributed by atoms with E-state index in [1.807, 2.05) is 0 Å². The van der Waals surface area contributed by atoms with Gasteiger partial charge >= 0.3 is 0 Å². The highest BCUT2D eigenvalue weighted by Gasteiger charge is 2.42. The number of hydrogen-bond donors (Lipinski definition) is 1. The van der Waals surface area contributed by atoms with Crippen LogP contribution in [0.25, 0.3) is 0 Å². The molecular formula is C14H26N2O. The molecule has 1 saturated carbocycles. The molecule has 0 aromatic heterocycles. The van der Waals surface area contributed by atoms with Crippen LogP contribution in [0.4, 0.5) is 0 Å². The Morgan fingerprint density at radius 1 is 1.29 bits per heavy atom. The fraction of sp³-hybridized carbons (Fsp3) is 0.929. The number of hydrogen-bond acceptors (Lipinski definition) is 2. The molecule has 2 atom stereocenters. The maximum atomic E-state index is 12.5. The number of carbonyl (C=O) groups is 1. The number of rotatable bonds is 3. The minimum Gasteiger partial charge on any atom is -0.323 e. The van der Waals surface area contributed by atoms with Crippen molar-refractivity contribution in [2.24, 2.45) is 5.92 Å². The van der Waals surface area contributed by atoms with E-state index < -0.39 is 0 Å². The van der Waals surface area contributed by atoms with Crippen molar-refractivity contribution in [2.45, 2.75) is 77.5 Å². The van der Waals surface area contributed by atoms with Crippen molar-refractivity contribution < 1.29 is 4.79 Å². The summed E-state index contributed by atoms with van der Waals surface area (Å²) in [6, 6.07) is 0.541. The van der Waals surface area contributed by atoms with Crippen molar-refractivity contribution in [3.8, 4) is 0 Å². The molecular weight excluding hydrogens is 212 g/mol. The van der Waals surface area contributed by atoms with Gasteiger partial charge in [-0.1, -0.05) is 40.0 Å². The molecule has 0 aromatic rings. The Labute approximate surface area is 105 Å². The highest BCUT2D eigenvalue weighted by atomic mass is 16.2. The van der Waals surface area contributed by atoms with Crippen molar-refractivity contribution in [3.05, 3.63) is 0 Å². The average molecular weight is 238 g/mol. The molecule has 3 heteroatoms. The number of amides is 1. The van der Waals surface area contributed by atoms with Gasteiger partial charge in [0.15, 0.2) is 0 Å². The Morgan fingerprint density at radius 3 is 2.47 bits per heavy atom. The molecule has 2 aliphatic rings. The van der Waals surface area contributed by atoms with E-state index in [9.17, 15) is 4.79 Å². The molecule has 17 heavy (non-hydrogen) atoms. The van der Waals surface area contributed by atoms with Gasteiger partial charge in [-0.3, -0.25) is 10.1 Å². The Balaban J connectivity index is 2.10. The summed E-state index contributed by atoms with van der Waals surface area (Å²) in [6.07, 6.45) is 7.62. The maximum Gasteiger partial charge on any atom is 0.241 e. The van der Waals surface area contributed by atoms with Gasteiger partial charge in [0, 0.05) is 6.04 Å². The Kier molecular flexibility index (Phi) is 4.08. The third-order valence-electron chi connectivity index (χ3n) is 4.25. The zero-order chi connectivity index (χ0) is 12.4. The summed E-state index contributed by atoms with van der Waals surface area (Å²) in [7, 11) is 0. The van der Waals surface area contributed by atoms with Crippen molar-refractivity contribution in [2.75, 3.05) is 0 Å². The summed E-state index contributed by atoms with van der Waals surface area (Å²) < 4.78 is 0. The predicted octanol–water partition coefficient (Wildman–Crippen LogP) is 2.51. The third-order valence-corrected chi connectivity index (χ3v) is 4.25. The van der Waals surface area contributed by atoms with Crippen LogP contribution in [-0.2, 0) is 4.79 Å². The summed E-state index contributed by atoms with van der Waals surface area (Å²) in [5, 5.41) is 3.51. The van der Waals surface area contributed by atoms with Crippen LogP contribution in [0.3, 0.4) is 0 Å². The first-order valence-corrected chi connectivity index (χ1v) is 7.23. The third kappa shape index (κ3) is 2.49. The normalized spacial score (nSPS) is 31.5. The lowest BCUT2D eigenvalue weighted by Crippen LogP contribution is -2.45. The zero-order valence-electron chi connectivity index (χ0n) is 11.4. The zero-order valence-corrected chi connectivity index (χ0v) is 11.4. The largest absolute Gasteiger partial charge is 0.323 e. The van der Waals surface area contributed by atoms with Crippen LogP contribution in [-0.4, -0.2) is 29.1 Å². The van der Waals surface area contributed by atoms with Crippen LogP contribution in [0.15, 0.2) is 0 Å². The Hall–Kier alpha value is -0.570. The van der Waals surface area contributed by atoms with E-state index >= 15 is 0 Å². The molecule has 1 aliphatic carbocycles. The predicted molar refractivity (Wildman–Crippen MR) is 69.6 cm³/mol. The minimum atomic E-state index is 0.0434. The average Bonchev–Trinajstić information content (AvgIpc) is 2.67. The van der Waals surface area contributed by atoms with Gasteiger partial charge in [-0.15, -0.1) is 0 Å². The lowest BCUT2D eigenvalue weighted by Gasteiger charge is -2.34. The second-order valence-corrected chi connectivity index (χ2v) is 5.85. The van der Waals surface area contributed by atoms with Gasteiger partial charge in [0.05, 0.1) is 12.2 Å². The van der Waals surface area contributed by atoms with Gasteiger partial charge in [-0.25, -0.2) is 0 Å². The molecule has 1 aliphatic heterocycles. The first-order chi connectivity index (χ1) is 8.15. The molecule has 1 saturated heterocycles. The van der Waals surface area contributed by atoms with Gasteiger partial charge in [0.25, 0.3) is 0 Å². The number of nitrogens with one attached hydrogen (secondary N) is 1. The number of carbonyl (C=O) groups excluding carboxylic acids is 1. The first-order valence-electron chi connectivity index (χ1n) is 7.23. The summed E-state index contributed by atoms with van der Waals surface area (Å²) in [5.41, 5.74) is 0. The molecule has 2 rings (SSSR count). The van der Waals surface area contributed by atoms with Crippen LogP contribution >= 0.6 is 0 Å². The molecule has 1 heterocycles. The van der Waals surface area contributed by atoms with Crippen LogP contribution in [0.1, 0.15) is 59.3 Å². The van der Waals surface area contributed by atoms with Crippen molar-refractivity contribution >= 4 is 5.91 Å². The molecule has 98 valence electrons. The van der Waals surface area contributed by atoms with Crippen molar-refractivity contribution in [1.29, 1.82) is 0 Å². The topological polar surface area (TPSA) is 32.3 Å². The second kappa shape index (κ2) is 5.38. The molecule has 2 fully saturated rings. The highest BCUT2D eigenvalue weighted by Crippen LogP contribution is 2.29. The van der Waals surface area contributed by atoms with E-state index in [1.54, 1.807) is 0 Å². The fourth-order valence-corrected chi connectivity index (χ4v) is 3.26. The Morgan fingerprint density at radius 2 is 1.94 bits per heavy atom. The van der Waals surface area contributed by atoms with E-state index in [0.717, 1.165) is 6.42 Å². The summed E-state index contributed by atoms with van der Waals surface area (Å²) in [4.78, 5) is 14.6. The van der Waals surface area contributed by atoms with E-state index in [1.165, 1.54) is 32.1 Å². The number of nitrogens with zero attached hydrogens (tertiary/aromatic N) is 1. The van der Waals surface area contributed by atoms with Crippen LogP contribution < -0.4 is 5.32 Å². The van der Waals surface area contributed by atoms with Gasteiger partial charge in [-0.05, 0) is 25.2 Å². The maximum absolute atomic E-state index is 12.5. The molecule has 0 radical (unpaired) electrons. The quantitative estimate of drug-likeness (QED) is 0.819. The van der Waals surface area contributed by atoms with Crippen LogP contribution in [0.2, 0.25) is 0 Å². The van der Waals surface area contributed by atoms with Crippen LogP contribution in [0.5, 0.6) is 0 Å². The van der Waals surface area contributed by atoms with E-state index in [2.05, 4.69) is 31.0 Å². The molecule has 0 aromatic carbocycles. The fourth-order valence-electron chi connectivity index (χ4n) is 3.26. The van der Waals surface area contributed by atoms with Crippen LogP contribution in [0, 0.1) is 5.92 Å². The molecule has 3 nitrogen and oxygen atoms in total. The van der Waals surface area contributed by atoms with Gasteiger partial charge < -0.3 is 4.90 Å². The van der Waals surface area contributed by atoms with Gasteiger partial charge in [-0.2, -0.15) is 0 Å². The molecule has 1 N–H and O–H groups in total. The second-order valence-electron chi connectivity index (χ2n) is 5.85. The lowest BCUT2D eigenvalue weighted by atomic mass is 9.93. The van der Waals surface area contributed by atoms with E-state index in [4.69, 9.17) is 0 Å². The summed E-state index contributed by atoms with van der Waals surface area (Å²) >= 11 is 0. The molecule has 0 spiro atoms. The Bertz CT molecular complexity index is 271. The highest BCUT2D eigenvalue weighted by molar-refractivity contribution is 5.85. The van der Waals surface area contributed by atoms with Gasteiger partial charge in [0.2, 0.25) is 5.91 Å². The summed E-state index contributed by atoms with van der Waals surface area (Å²) in [6.45, 7) is 6.43. The van der Waals surface area contributed by atoms with E-state index in [0.29, 0.717) is 17.9 Å². The molecule has 0 bridgehead atoms. The molecule has 1 amide bonds. The summed E-state index contributed by atoms with van der Waals surface area (Å²) in [5.74, 6) is 0.740. The first kappa shape index (κ1) is 12.9. The van der Waals surface area contributed by atoms with Crippen molar-refractivity contribution in [3.63, 3.8) is 0 Å². The SMILES string of the molecule is CCC1NC(C(C)C)C(=O)N1C1CCCCC1. The monoisotopic (exact) mass is 238 g/mol. The minimum absolute atomic E-state index is 0.0434.